The van der Waals surface area contributed by atoms with Crippen molar-refractivity contribution < 1.29 is 4.79 Å². The largest absolute Gasteiger partial charge is 0.311 e. The van der Waals surface area contributed by atoms with Crippen LogP contribution in [0.4, 0.5) is 5.69 Å². The molecular weight excluding hydrogens is 348 g/mol. The lowest BCUT2D eigenvalue weighted by Gasteiger charge is -2.24. The Kier molecular flexibility index (Phi) is 4.97. The molecule has 0 bridgehead atoms. The highest BCUT2D eigenvalue weighted by molar-refractivity contribution is 7.10. The Labute approximate surface area is 156 Å². The van der Waals surface area contributed by atoms with E-state index in [0.29, 0.717) is 6.54 Å². The van der Waals surface area contributed by atoms with Crippen molar-refractivity contribution >= 4 is 34.3 Å². The number of benzene rings is 1. The Hall–Kier alpha value is -1.95. The van der Waals surface area contributed by atoms with Crippen LogP contribution < -0.4 is 4.90 Å². The van der Waals surface area contributed by atoms with Gasteiger partial charge in [0.05, 0.1) is 6.54 Å². The minimum absolute atomic E-state index is 0.193. The molecule has 0 saturated carbocycles. The van der Waals surface area contributed by atoms with Crippen LogP contribution in [0.5, 0.6) is 0 Å². The number of carbonyl (C=O) groups excluding carboxylic acids is 1. The van der Waals surface area contributed by atoms with Gasteiger partial charge in [-0.05, 0) is 40.9 Å². The van der Waals surface area contributed by atoms with E-state index < -0.39 is 0 Å². The van der Waals surface area contributed by atoms with Crippen molar-refractivity contribution in [3.63, 3.8) is 0 Å². The average molecular weight is 369 g/mol. The van der Waals surface area contributed by atoms with E-state index in [1.165, 1.54) is 15.3 Å². The Morgan fingerprint density at radius 2 is 1.64 bits per heavy atom. The van der Waals surface area contributed by atoms with Gasteiger partial charge in [0.15, 0.2) is 0 Å². The lowest BCUT2D eigenvalue weighted by molar-refractivity contribution is -0.119. The van der Waals surface area contributed by atoms with Gasteiger partial charge >= 0.3 is 0 Å². The Balaban J connectivity index is 1.49. The van der Waals surface area contributed by atoms with Crippen LogP contribution in [-0.4, -0.2) is 23.9 Å². The van der Waals surface area contributed by atoms with Crippen molar-refractivity contribution in [2.45, 2.75) is 19.5 Å². The molecule has 4 rings (SSSR count). The fourth-order valence-electron chi connectivity index (χ4n) is 3.29. The molecule has 5 heteroatoms. The molecule has 0 atom stereocenters. The first kappa shape index (κ1) is 16.5. The maximum absolute atomic E-state index is 13.0. The molecule has 25 heavy (non-hydrogen) atoms. The van der Waals surface area contributed by atoms with Gasteiger partial charge in [-0.3, -0.25) is 9.69 Å². The van der Waals surface area contributed by atoms with Crippen LogP contribution in [0.25, 0.3) is 0 Å². The lowest BCUT2D eigenvalue weighted by atomic mass is 10.2. The number of nitrogens with zero attached hydrogens (tertiary/aromatic N) is 2. The zero-order chi connectivity index (χ0) is 17.1. The van der Waals surface area contributed by atoms with Gasteiger partial charge in [-0.1, -0.05) is 30.3 Å². The number of fused-ring (bicyclic) bond motifs is 1. The van der Waals surface area contributed by atoms with E-state index in [0.717, 1.165) is 31.7 Å². The summed E-state index contributed by atoms with van der Waals surface area (Å²) >= 11 is 3.50. The van der Waals surface area contributed by atoms with Crippen molar-refractivity contribution in [3.05, 3.63) is 74.6 Å². The highest BCUT2D eigenvalue weighted by Crippen LogP contribution is 2.28. The molecule has 1 amide bonds. The van der Waals surface area contributed by atoms with E-state index >= 15 is 0 Å². The van der Waals surface area contributed by atoms with Gasteiger partial charge in [0.25, 0.3) is 0 Å². The first-order valence-corrected chi connectivity index (χ1v) is 10.2. The molecule has 0 fully saturated rings. The van der Waals surface area contributed by atoms with Crippen LogP contribution in [0.15, 0.2) is 59.3 Å². The third-order valence-electron chi connectivity index (χ3n) is 4.47. The molecule has 1 aliphatic rings. The summed E-state index contributed by atoms with van der Waals surface area (Å²) in [7, 11) is 0. The molecule has 2 aromatic heterocycles. The van der Waals surface area contributed by atoms with Gasteiger partial charge in [-0.15, -0.1) is 22.7 Å². The zero-order valence-electron chi connectivity index (χ0n) is 13.9. The van der Waals surface area contributed by atoms with Crippen LogP contribution in [0, 0.1) is 0 Å². The Morgan fingerprint density at radius 1 is 0.960 bits per heavy atom. The van der Waals surface area contributed by atoms with Crippen LogP contribution in [0.1, 0.15) is 15.3 Å². The van der Waals surface area contributed by atoms with Gasteiger partial charge in [-0.2, -0.15) is 0 Å². The van der Waals surface area contributed by atoms with E-state index in [2.05, 4.69) is 52.1 Å². The number of hydrogen-bond acceptors (Lipinski definition) is 4. The van der Waals surface area contributed by atoms with Gasteiger partial charge < -0.3 is 4.90 Å². The highest BCUT2D eigenvalue weighted by Gasteiger charge is 2.25. The van der Waals surface area contributed by atoms with Crippen LogP contribution in [-0.2, 0) is 24.3 Å². The minimum Gasteiger partial charge on any atom is -0.311 e. The average Bonchev–Trinajstić information content (AvgIpc) is 3.36. The molecule has 0 N–H and O–H groups in total. The third-order valence-corrected chi connectivity index (χ3v) is 6.19. The molecule has 3 heterocycles. The van der Waals surface area contributed by atoms with Gasteiger partial charge in [-0.25, -0.2) is 0 Å². The SMILES string of the molecule is O=C(CN(Cc1cccs1)Cc1cccs1)N1CCc2ccccc21. The standard InChI is InChI=1S/C20H20N2OS2/c23-20(22-10-9-16-5-1-2-8-19(16)22)15-21(13-17-6-3-11-24-17)14-18-7-4-12-25-18/h1-8,11-12H,9-10,13-15H2. The summed E-state index contributed by atoms with van der Waals surface area (Å²) < 4.78 is 0. The summed E-state index contributed by atoms with van der Waals surface area (Å²) in [4.78, 5) is 19.8. The molecule has 1 aromatic carbocycles. The van der Waals surface area contributed by atoms with E-state index in [4.69, 9.17) is 0 Å². The van der Waals surface area contributed by atoms with Crippen LogP contribution >= 0.6 is 22.7 Å². The van der Waals surface area contributed by atoms with E-state index in [1.807, 2.05) is 17.0 Å². The topological polar surface area (TPSA) is 23.6 Å². The van der Waals surface area contributed by atoms with Crippen molar-refractivity contribution in [3.8, 4) is 0 Å². The number of anilines is 1. The maximum Gasteiger partial charge on any atom is 0.241 e. The number of para-hydroxylation sites is 1. The maximum atomic E-state index is 13.0. The fourth-order valence-corrected chi connectivity index (χ4v) is 4.78. The highest BCUT2D eigenvalue weighted by atomic mass is 32.1. The first-order valence-electron chi connectivity index (χ1n) is 8.45. The predicted octanol–water partition coefficient (Wildman–Crippen LogP) is 4.40. The van der Waals surface area contributed by atoms with Crippen molar-refractivity contribution in [1.82, 2.24) is 4.90 Å². The monoisotopic (exact) mass is 368 g/mol. The second-order valence-electron chi connectivity index (χ2n) is 6.23. The second kappa shape index (κ2) is 7.52. The number of amides is 1. The summed E-state index contributed by atoms with van der Waals surface area (Å²) in [6, 6.07) is 16.7. The number of hydrogen-bond donors (Lipinski definition) is 0. The third kappa shape index (κ3) is 3.84. The van der Waals surface area contributed by atoms with Crippen molar-refractivity contribution in [2.75, 3.05) is 18.0 Å². The molecule has 3 nitrogen and oxygen atoms in total. The number of thiophene rings is 2. The molecule has 1 aliphatic heterocycles. The second-order valence-corrected chi connectivity index (χ2v) is 8.29. The van der Waals surface area contributed by atoms with Gasteiger partial charge in [0.2, 0.25) is 5.91 Å². The van der Waals surface area contributed by atoms with Gasteiger partial charge in [0, 0.05) is 35.1 Å². The minimum atomic E-state index is 0.193. The summed E-state index contributed by atoms with van der Waals surface area (Å²) in [5.74, 6) is 0.193. The first-order chi connectivity index (χ1) is 12.3. The lowest BCUT2D eigenvalue weighted by Crippen LogP contribution is -2.39. The van der Waals surface area contributed by atoms with E-state index in [9.17, 15) is 4.79 Å². The smallest absolute Gasteiger partial charge is 0.241 e. The van der Waals surface area contributed by atoms with Crippen LogP contribution in [0.3, 0.4) is 0 Å². The number of rotatable bonds is 6. The Morgan fingerprint density at radius 3 is 2.28 bits per heavy atom. The number of carbonyl (C=O) groups is 1. The molecule has 0 aliphatic carbocycles. The van der Waals surface area contributed by atoms with Crippen molar-refractivity contribution in [1.29, 1.82) is 0 Å². The molecule has 0 spiro atoms. The molecule has 0 unspecified atom stereocenters. The molecule has 3 aromatic rings. The predicted molar refractivity (Wildman–Crippen MR) is 105 cm³/mol. The normalized spacial score (nSPS) is 13.4. The zero-order valence-corrected chi connectivity index (χ0v) is 15.6. The molecule has 0 radical (unpaired) electrons. The summed E-state index contributed by atoms with van der Waals surface area (Å²) in [6.07, 6.45) is 0.956. The summed E-state index contributed by atoms with van der Waals surface area (Å²) in [6.45, 7) is 2.88. The van der Waals surface area contributed by atoms with Gasteiger partial charge in [0.1, 0.15) is 0 Å². The quantitative estimate of drug-likeness (QED) is 0.644. The van der Waals surface area contributed by atoms with E-state index in [1.54, 1.807) is 22.7 Å². The summed E-state index contributed by atoms with van der Waals surface area (Å²) in [5, 5.41) is 4.19. The fraction of sp³-hybridized carbons (Fsp3) is 0.250. The van der Waals surface area contributed by atoms with Crippen LogP contribution in [0.2, 0.25) is 0 Å². The molecular formula is C20H20N2OS2. The molecule has 128 valence electrons. The van der Waals surface area contributed by atoms with Crippen molar-refractivity contribution in [2.24, 2.45) is 0 Å². The van der Waals surface area contributed by atoms with E-state index in [-0.39, 0.29) is 5.91 Å². The molecule has 0 saturated heterocycles. The summed E-state index contributed by atoms with van der Waals surface area (Å²) in [5.41, 5.74) is 2.36. The Bertz CT molecular complexity index is 791.